The third-order valence-electron chi connectivity index (χ3n) is 4.79. The minimum Gasteiger partial charge on any atom is -0.493 e. The Kier molecular flexibility index (Phi) is 3.43. The normalized spacial score (nSPS) is 21.2. The molecule has 0 bridgehead atoms. The number of likely N-dealkylation sites (tertiary alicyclic amines) is 1. The lowest BCUT2D eigenvalue weighted by molar-refractivity contribution is 0.0189. The smallest absolute Gasteiger partial charge is 0.162 e. The zero-order valence-corrected chi connectivity index (χ0v) is 14.6. The molecule has 2 aromatic rings. The highest BCUT2D eigenvalue weighted by Gasteiger charge is 2.53. The predicted octanol–water partition coefficient (Wildman–Crippen LogP) is 1.51. The van der Waals surface area contributed by atoms with Crippen LogP contribution in [-0.2, 0) is 16.3 Å². The molecule has 3 heterocycles. The summed E-state index contributed by atoms with van der Waals surface area (Å²) in [6.45, 7) is 2.50. The number of fused-ring (bicyclic) bond motifs is 1. The number of hydrogen-bond donors (Lipinski definition) is 1. The van der Waals surface area contributed by atoms with Gasteiger partial charge in [-0.3, -0.25) is 9.68 Å². The first-order valence-corrected chi connectivity index (χ1v) is 9.65. The van der Waals surface area contributed by atoms with Crippen molar-refractivity contribution in [2.75, 3.05) is 38.8 Å². The molecule has 0 atom stereocenters. The number of benzene rings is 1. The van der Waals surface area contributed by atoms with Gasteiger partial charge in [-0.1, -0.05) is 0 Å². The van der Waals surface area contributed by atoms with Gasteiger partial charge in [0.05, 0.1) is 25.4 Å². The van der Waals surface area contributed by atoms with Crippen LogP contribution in [0, 0.1) is 10.2 Å². The molecule has 1 aromatic carbocycles. The van der Waals surface area contributed by atoms with Crippen molar-refractivity contribution >= 4 is 20.6 Å². The summed E-state index contributed by atoms with van der Waals surface area (Å²) in [6.07, 6.45) is 1.57. The highest BCUT2D eigenvalue weighted by Crippen LogP contribution is 2.42. The zero-order chi connectivity index (χ0) is 16.9. The van der Waals surface area contributed by atoms with Gasteiger partial charge >= 0.3 is 0 Å². The standard InChI is InChI=1S/C16H20N4O3S/c1-22-14-3-11-12(4-15(14)23-2)18-10-19-13(11)5-20-6-16(7-20)8-24(17,21)9-16/h3-4,10,17H,5-9H2,1-2H3. The summed E-state index contributed by atoms with van der Waals surface area (Å²) in [5, 5.41) is 0.953. The van der Waals surface area contributed by atoms with Gasteiger partial charge < -0.3 is 9.47 Å². The number of aromatic nitrogens is 2. The molecule has 2 saturated heterocycles. The Hall–Kier alpha value is -1.93. The van der Waals surface area contributed by atoms with Gasteiger partial charge in [-0.25, -0.2) is 14.2 Å². The molecule has 2 aliphatic rings. The van der Waals surface area contributed by atoms with Gasteiger partial charge in [0.1, 0.15) is 6.33 Å². The van der Waals surface area contributed by atoms with E-state index in [1.54, 1.807) is 20.5 Å². The van der Waals surface area contributed by atoms with Gasteiger partial charge in [-0.05, 0) is 6.07 Å². The lowest BCUT2D eigenvalue weighted by Gasteiger charge is -2.56. The third-order valence-corrected chi connectivity index (χ3v) is 6.95. The Morgan fingerprint density at radius 3 is 2.50 bits per heavy atom. The lowest BCUT2D eigenvalue weighted by Crippen LogP contribution is -2.67. The second-order valence-corrected chi connectivity index (χ2v) is 8.99. The highest BCUT2D eigenvalue weighted by molar-refractivity contribution is 7.93. The topological polar surface area (TPSA) is 88.4 Å². The van der Waals surface area contributed by atoms with Gasteiger partial charge in [-0.15, -0.1) is 0 Å². The van der Waals surface area contributed by atoms with E-state index >= 15 is 0 Å². The van der Waals surface area contributed by atoms with E-state index in [1.165, 1.54) is 0 Å². The molecule has 0 aliphatic carbocycles. The second kappa shape index (κ2) is 5.29. The molecule has 128 valence electrons. The molecule has 0 unspecified atom stereocenters. The summed E-state index contributed by atoms with van der Waals surface area (Å²) >= 11 is 0. The largest absolute Gasteiger partial charge is 0.493 e. The molecule has 2 fully saturated rings. The van der Waals surface area contributed by atoms with E-state index in [0.717, 1.165) is 36.2 Å². The van der Waals surface area contributed by atoms with Crippen LogP contribution in [0.4, 0.5) is 0 Å². The van der Waals surface area contributed by atoms with Gasteiger partial charge in [-0.2, -0.15) is 0 Å². The number of methoxy groups -OCH3 is 2. The van der Waals surface area contributed by atoms with Crippen molar-refractivity contribution in [2.24, 2.45) is 5.41 Å². The molecular weight excluding hydrogens is 328 g/mol. The van der Waals surface area contributed by atoms with Crippen LogP contribution in [0.1, 0.15) is 5.69 Å². The van der Waals surface area contributed by atoms with Crippen molar-refractivity contribution in [3.63, 3.8) is 0 Å². The summed E-state index contributed by atoms with van der Waals surface area (Å²) < 4.78 is 29.9. The van der Waals surface area contributed by atoms with Crippen molar-refractivity contribution in [2.45, 2.75) is 6.54 Å². The number of hydrogen-bond acceptors (Lipinski definition) is 7. The summed E-state index contributed by atoms with van der Waals surface area (Å²) in [5.74, 6) is 2.41. The maximum absolute atomic E-state index is 11.6. The fraction of sp³-hybridized carbons (Fsp3) is 0.500. The van der Waals surface area contributed by atoms with Gasteiger partial charge in [0.15, 0.2) is 11.5 Å². The number of nitrogens with zero attached hydrogens (tertiary/aromatic N) is 3. The summed E-state index contributed by atoms with van der Waals surface area (Å²) in [5.41, 5.74) is 1.88. The first-order chi connectivity index (χ1) is 11.4. The average Bonchev–Trinajstić information content (AvgIpc) is 2.50. The SMILES string of the molecule is COc1cc2ncnc(CN3CC4(C3)CS(=N)(=O)C4)c2cc1OC. The van der Waals surface area contributed by atoms with Crippen LogP contribution >= 0.6 is 0 Å². The molecule has 1 aromatic heterocycles. The van der Waals surface area contributed by atoms with Crippen LogP contribution in [-0.4, -0.2) is 57.9 Å². The van der Waals surface area contributed by atoms with Crippen molar-refractivity contribution in [3.8, 4) is 11.5 Å². The third kappa shape index (κ3) is 2.50. The lowest BCUT2D eigenvalue weighted by atomic mass is 9.83. The van der Waals surface area contributed by atoms with Crippen LogP contribution in [0.25, 0.3) is 10.9 Å². The monoisotopic (exact) mass is 348 g/mol. The summed E-state index contributed by atoms with van der Waals surface area (Å²) in [7, 11) is 0.937. The first-order valence-electron chi connectivity index (χ1n) is 7.76. The van der Waals surface area contributed by atoms with Crippen LogP contribution in [0.3, 0.4) is 0 Å². The minimum absolute atomic E-state index is 0.114. The van der Waals surface area contributed by atoms with Crippen LogP contribution in [0.2, 0.25) is 0 Å². The van der Waals surface area contributed by atoms with Gasteiger partial charge in [0, 0.05) is 57.7 Å². The van der Waals surface area contributed by atoms with Gasteiger partial charge in [0.25, 0.3) is 0 Å². The van der Waals surface area contributed by atoms with E-state index in [0.29, 0.717) is 23.0 Å². The summed E-state index contributed by atoms with van der Waals surface area (Å²) in [4.78, 5) is 11.0. The molecule has 8 heteroatoms. The minimum atomic E-state index is -2.28. The highest BCUT2D eigenvalue weighted by atomic mass is 32.2. The van der Waals surface area contributed by atoms with Crippen molar-refractivity contribution in [1.82, 2.24) is 14.9 Å². The Balaban J connectivity index is 1.57. The number of rotatable bonds is 4. The van der Waals surface area contributed by atoms with E-state index < -0.39 is 9.73 Å². The fourth-order valence-electron chi connectivity index (χ4n) is 3.92. The number of ether oxygens (including phenoxy) is 2. The van der Waals surface area contributed by atoms with Crippen molar-refractivity contribution in [1.29, 1.82) is 4.78 Å². The quantitative estimate of drug-likeness (QED) is 0.901. The van der Waals surface area contributed by atoms with Crippen molar-refractivity contribution < 1.29 is 13.7 Å². The van der Waals surface area contributed by atoms with E-state index in [1.807, 2.05) is 12.1 Å². The molecule has 1 N–H and O–H groups in total. The first kappa shape index (κ1) is 15.6. The molecule has 7 nitrogen and oxygen atoms in total. The molecule has 1 spiro atoms. The molecule has 0 amide bonds. The van der Waals surface area contributed by atoms with Crippen LogP contribution in [0.5, 0.6) is 11.5 Å². The van der Waals surface area contributed by atoms with Crippen LogP contribution in [0.15, 0.2) is 18.5 Å². The molecule has 0 radical (unpaired) electrons. The summed E-state index contributed by atoms with van der Waals surface area (Å²) in [6, 6.07) is 3.77. The van der Waals surface area contributed by atoms with Gasteiger partial charge in [0.2, 0.25) is 0 Å². The molecule has 0 saturated carbocycles. The Morgan fingerprint density at radius 1 is 1.21 bits per heavy atom. The van der Waals surface area contributed by atoms with E-state index in [2.05, 4.69) is 14.9 Å². The van der Waals surface area contributed by atoms with E-state index in [-0.39, 0.29) is 5.41 Å². The van der Waals surface area contributed by atoms with E-state index in [4.69, 9.17) is 14.3 Å². The second-order valence-electron chi connectivity index (χ2n) is 6.79. The zero-order valence-electron chi connectivity index (χ0n) is 13.7. The molecule has 24 heavy (non-hydrogen) atoms. The Bertz CT molecular complexity index is 893. The Morgan fingerprint density at radius 2 is 1.88 bits per heavy atom. The van der Waals surface area contributed by atoms with Crippen LogP contribution < -0.4 is 9.47 Å². The molecular formula is C16H20N4O3S. The maximum atomic E-state index is 11.6. The molecule has 4 rings (SSSR count). The fourth-order valence-corrected chi connectivity index (χ4v) is 6.18. The molecule has 2 aliphatic heterocycles. The average molecular weight is 348 g/mol. The number of nitrogens with one attached hydrogen (secondary N) is 1. The van der Waals surface area contributed by atoms with Crippen molar-refractivity contribution in [3.05, 3.63) is 24.2 Å². The predicted molar refractivity (Wildman–Crippen MR) is 90.9 cm³/mol. The maximum Gasteiger partial charge on any atom is 0.162 e. The van der Waals surface area contributed by atoms with E-state index in [9.17, 15) is 4.21 Å². The Labute approximate surface area is 141 Å².